The van der Waals surface area contributed by atoms with Gasteiger partial charge in [-0.05, 0) is 24.6 Å². The van der Waals surface area contributed by atoms with Crippen molar-refractivity contribution in [2.75, 3.05) is 0 Å². The summed E-state index contributed by atoms with van der Waals surface area (Å²) in [7, 11) is 0. The molecule has 1 atom stereocenters. The van der Waals surface area contributed by atoms with Gasteiger partial charge in [0.25, 0.3) is 5.56 Å². The molecule has 1 aromatic heterocycles. The third-order valence-electron chi connectivity index (χ3n) is 2.87. The molecule has 0 saturated carbocycles. The zero-order valence-electron chi connectivity index (χ0n) is 8.35. The Bertz CT molecular complexity index is 636. The number of aliphatic hydroxyl groups is 1. The summed E-state index contributed by atoms with van der Waals surface area (Å²) >= 11 is 5.84. The van der Waals surface area contributed by atoms with E-state index in [-0.39, 0.29) is 5.56 Å². The van der Waals surface area contributed by atoms with E-state index in [1.54, 1.807) is 18.2 Å². The average Bonchev–Trinajstić information content (AvgIpc) is 2.63. The van der Waals surface area contributed by atoms with Gasteiger partial charge in [-0.2, -0.15) is 0 Å². The molecule has 2 heterocycles. The van der Waals surface area contributed by atoms with E-state index in [2.05, 4.69) is 4.98 Å². The zero-order valence-corrected chi connectivity index (χ0v) is 9.11. The van der Waals surface area contributed by atoms with Crippen LogP contribution in [0.3, 0.4) is 0 Å². The summed E-state index contributed by atoms with van der Waals surface area (Å²) in [5, 5.41) is 10.7. The Morgan fingerprint density at radius 2 is 2.31 bits per heavy atom. The van der Waals surface area contributed by atoms with Gasteiger partial charge in [0, 0.05) is 11.6 Å². The Morgan fingerprint density at radius 3 is 3.12 bits per heavy atom. The highest BCUT2D eigenvalue weighted by Crippen LogP contribution is 2.24. The molecule has 82 valence electrons. The largest absolute Gasteiger partial charge is 0.385 e. The highest BCUT2D eigenvalue weighted by molar-refractivity contribution is 6.31. The van der Waals surface area contributed by atoms with Crippen molar-refractivity contribution in [1.82, 2.24) is 9.55 Å². The van der Waals surface area contributed by atoms with E-state index in [0.717, 1.165) is 0 Å². The fraction of sp³-hybridized carbons (Fsp3) is 0.273. The Balaban J connectivity index is 2.44. The number of nitrogens with zero attached hydrogens (tertiary/aromatic N) is 2. The van der Waals surface area contributed by atoms with E-state index in [0.29, 0.717) is 34.7 Å². The van der Waals surface area contributed by atoms with Gasteiger partial charge in [0.15, 0.2) is 0 Å². The molecule has 0 spiro atoms. The summed E-state index contributed by atoms with van der Waals surface area (Å²) < 4.78 is 1.52. The summed E-state index contributed by atoms with van der Waals surface area (Å²) in [5.74, 6) is 0.458. The van der Waals surface area contributed by atoms with Crippen LogP contribution in [0.5, 0.6) is 0 Å². The molecule has 0 saturated heterocycles. The number of benzene rings is 1. The highest BCUT2D eigenvalue weighted by atomic mass is 35.5. The van der Waals surface area contributed by atoms with E-state index < -0.39 is 6.10 Å². The summed E-state index contributed by atoms with van der Waals surface area (Å²) in [6.07, 6.45) is -0.0838. The predicted molar refractivity (Wildman–Crippen MR) is 60.6 cm³/mol. The number of aliphatic hydroxyl groups excluding tert-OH is 1. The lowest BCUT2D eigenvalue weighted by molar-refractivity contribution is 0.176. The van der Waals surface area contributed by atoms with Gasteiger partial charge in [-0.25, -0.2) is 4.98 Å². The van der Waals surface area contributed by atoms with Crippen molar-refractivity contribution >= 4 is 22.5 Å². The first-order chi connectivity index (χ1) is 7.66. The zero-order chi connectivity index (χ0) is 11.3. The smallest absolute Gasteiger partial charge is 0.261 e. The van der Waals surface area contributed by atoms with Crippen molar-refractivity contribution in [2.45, 2.75) is 19.1 Å². The quantitative estimate of drug-likeness (QED) is 0.754. The molecule has 0 fully saturated rings. The Morgan fingerprint density at radius 1 is 1.50 bits per heavy atom. The SMILES string of the molecule is O=c1c2cc(Cl)ccc2nc2n1CCC2O. The van der Waals surface area contributed by atoms with E-state index in [4.69, 9.17) is 11.6 Å². The van der Waals surface area contributed by atoms with Crippen LogP contribution in [0.4, 0.5) is 0 Å². The Kier molecular flexibility index (Phi) is 2.02. The molecule has 0 amide bonds. The third kappa shape index (κ3) is 1.27. The molecule has 5 heteroatoms. The first-order valence-corrected chi connectivity index (χ1v) is 5.42. The maximum Gasteiger partial charge on any atom is 0.261 e. The highest BCUT2D eigenvalue weighted by Gasteiger charge is 2.23. The molecule has 0 bridgehead atoms. The van der Waals surface area contributed by atoms with Crippen LogP contribution < -0.4 is 5.56 Å². The lowest BCUT2D eigenvalue weighted by Gasteiger charge is -2.06. The topological polar surface area (TPSA) is 55.1 Å². The van der Waals surface area contributed by atoms with Crippen LogP contribution >= 0.6 is 11.6 Å². The molecular formula is C11H9ClN2O2. The van der Waals surface area contributed by atoms with Gasteiger partial charge in [-0.1, -0.05) is 11.6 Å². The van der Waals surface area contributed by atoms with Crippen molar-refractivity contribution in [2.24, 2.45) is 0 Å². The van der Waals surface area contributed by atoms with Crippen molar-refractivity contribution < 1.29 is 5.11 Å². The van der Waals surface area contributed by atoms with Crippen LogP contribution in [-0.2, 0) is 6.54 Å². The van der Waals surface area contributed by atoms with Gasteiger partial charge in [0.2, 0.25) is 0 Å². The number of rotatable bonds is 0. The van der Waals surface area contributed by atoms with Crippen LogP contribution in [0.25, 0.3) is 10.9 Å². The van der Waals surface area contributed by atoms with Crippen molar-refractivity contribution in [3.63, 3.8) is 0 Å². The summed E-state index contributed by atoms with van der Waals surface area (Å²) in [4.78, 5) is 16.4. The van der Waals surface area contributed by atoms with Crippen LogP contribution in [0, 0.1) is 0 Å². The second-order valence-corrected chi connectivity index (χ2v) is 4.33. The predicted octanol–water partition coefficient (Wildman–Crippen LogP) is 1.49. The summed E-state index contributed by atoms with van der Waals surface area (Å²) in [6, 6.07) is 5.00. The van der Waals surface area contributed by atoms with E-state index in [9.17, 15) is 9.90 Å². The second kappa shape index (κ2) is 3.30. The van der Waals surface area contributed by atoms with E-state index >= 15 is 0 Å². The van der Waals surface area contributed by atoms with Gasteiger partial charge < -0.3 is 5.11 Å². The fourth-order valence-electron chi connectivity index (χ4n) is 2.06. The normalized spacial score (nSPS) is 19.0. The molecule has 1 aliphatic rings. The van der Waals surface area contributed by atoms with Crippen molar-refractivity contribution in [3.8, 4) is 0 Å². The maximum atomic E-state index is 12.1. The minimum absolute atomic E-state index is 0.126. The maximum absolute atomic E-state index is 12.1. The number of hydrogen-bond acceptors (Lipinski definition) is 3. The molecule has 1 unspecified atom stereocenters. The molecule has 1 aromatic carbocycles. The van der Waals surface area contributed by atoms with Gasteiger partial charge in [-0.15, -0.1) is 0 Å². The fourth-order valence-corrected chi connectivity index (χ4v) is 2.23. The molecule has 0 radical (unpaired) electrons. The van der Waals surface area contributed by atoms with Gasteiger partial charge >= 0.3 is 0 Å². The molecule has 3 rings (SSSR count). The monoisotopic (exact) mass is 236 g/mol. The summed E-state index contributed by atoms with van der Waals surface area (Å²) in [5.41, 5.74) is 0.459. The van der Waals surface area contributed by atoms with Crippen LogP contribution in [0.15, 0.2) is 23.0 Å². The minimum atomic E-state index is -0.632. The molecular weight excluding hydrogens is 228 g/mol. The number of aromatic nitrogens is 2. The number of fused-ring (bicyclic) bond motifs is 2. The standard InChI is InChI=1S/C11H9ClN2O2/c12-6-1-2-8-7(5-6)11(16)14-4-3-9(15)10(14)13-8/h1-2,5,9,15H,3-4H2. The average molecular weight is 237 g/mol. The van der Waals surface area contributed by atoms with Crippen LogP contribution in [0.2, 0.25) is 5.02 Å². The molecule has 1 N–H and O–H groups in total. The Labute approximate surface area is 96.1 Å². The lowest BCUT2D eigenvalue weighted by Crippen LogP contribution is -2.21. The van der Waals surface area contributed by atoms with E-state index in [1.807, 2.05) is 0 Å². The molecule has 0 aliphatic carbocycles. The van der Waals surface area contributed by atoms with Crippen molar-refractivity contribution in [3.05, 3.63) is 39.4 Å². The van der Waals surface area contributed by atoms with Crippen molar-refractivity contribution in [1.29, 1.82) is 0 Å². The van der Waals surface area contributed by atoms with Gasteiger partial charge in [-0.3, -0.25) is 9.36 Å². The first-order valence-electron chi connectivity index (χ1n) is 5.05. The van der Waals surface area contributed by atoms with Gasteiger partial charge in [0.1, 0.15) is 11.9 Å². The second-order valence-electron chi connectivity index (χ2n) is 3.89. The first kappa shape index (κ1) is 9.81. The summed E-state index contributed by atoms with van der Waals surface area (Å²) in [6.45, 7) is 0.519. The molecule has 4 nitrogen and oxygen atoms in total. The van der Waals surface area contributed by atoms with Crippen LogP contribution in [-0.4, -0.2) is 14.7 Å². The lowest BCUT2D eigenvalue weighted by atomic mass is 10.2. The number of halogens is 1. The third-order valence-corrected chi connectivity index (χ3v) is 3.10. The molecule has 16 heavy (non-hydrogen) atoms. The van der Waals surface area contributed by atoms with E-state index in [1.165, 1.54) is 4.57 Å². The minimum Gasteiger partial charge on any atom is -0.385 e. The van der Waals surface area contributed by atoms with Gasteiger partial charge in [0.05, 0.1) is 10.9 Å². The molecule has 2 aromatic rings. The Hall–Kier alpha value is -1.39. The molecule has 1 aliphatic heterocycles. The van der Waals surface area contributed by atoms with Crippen LogP contribution in [0.1, 0.15) is 18.3 Å². The number of hydrogen-bond donors (Lipinski definition) is 1.